The van der Waals surface area contributed by atoms with Crippen molar-refractivity contribution >= 4 is 11.6 Å². The van der Waals surface area contributed by atoms with Gasteiger partial charge >= 0.3 is 0 Å². The molecule has 0 N–H and O–H groups in total. The van der Waals surface area contributed by atoms with Gasteiger partial charge in [0.05, 0.1) is 18.2 Å². The molecule has 0 bridgehead atoms. The van der Waals surface area contributed by atoms with Gasteiger partial charge in [-0.25, -0.2) is 0 Å². The first-order chi connectivity index (χ1) is 8.58. The number of nitrogens with zero attached hydrogens (tertiary/aromatic N) is 2. The SMILES string of the molecule is COc1cc(C)c(CN(C)CCCC#N)cc1Cl. The summed E-state index contributed by atoms with van der Waals surface area (Å²) in [4.78, 5) is 2.20. The van der Waals surface area contributed by atoms with Crippen molar-refractivity contribution in [1.29, 1.82) is 5.26 Å². The molecule has 0 saturated heterocycles. The number of nitriles is 1. The summed E-state index contributed by atoms with van der Waals surface area (Å²) in [6.07, 6.45) is 1.50. The average molecular weight is 267 g/mol. The van der Waals surface area contributed by atoms with Crippen LogP contribution in [0.4, 0.5) is 0 Å². The van der Waals surface area contributed by atoms with Crippen LogP contribution >= 0.6 is 11.6 Å². The number of unbranched alkanes of at least 4 members (excludes halogenated alkanes) is 1. The Kier molecular flexibility index (Phi) is 5.97. The molecule has 0 fully saturated rings. The van der Waals surface area contributed by atoms with Gasteiger partial charge in [-0.2, -0.15) is 5.26 Å². The fraction of sp³-hybridized carbons (Fsp3) is 0.500. The Hall–Kier alpha value is -1.24. The zero-order chi connectivity index (χ0) is 13.5. The first-order valence-electron chi connectivity index (χ1n) is 5.97. The molecule has 0 aliphatic rings. The molecule has 0 saturated carbocycles. The zero-order valence-corrected chi connectivity index (χ0v) is 11.9. The summed E-state index contributed by atoms with van der Waals surface area (Å²) in [7, 11) is 3.67. The van der Waals surface area contributed by atoms with Crippen LogP contribution in [0.2, 0.25) is 5.02 Å². The number of hydrogen-bond acceptors (Lipinski definition) is 3. The summed E-state index contributed by atoms with van der Waals surface area (Å²) >= 11 is 6.13. The summed E-state index contributed by atoms with van der Waals surface area (Å²) in [5, 5.41) is 9.15. The lowest BCUT2D eigenvalue weighted by Gasteiger charge is -2.18. The fourth-order valence-electron chi connectivity index (χ4n) is 1.82. The molecule has 98 valence electrons. The van der Waals surface area contributed by atoms with Gasteiger partial charge in [0.25, 0.3) is 0 Å². The lowest BCUT2D eigenvalue weighted by Crippen LogP contribution is -2.19. The van der Waals surface area contributed by atoms with Crippen LogP contribution in [0.5, 0.6) is 5.75 Å². The van der Waals surface area contributed by atoms with E-state index in [1.807, 2.05) is 12.1 Å². The molecule has 0 aliphatic heterocycles. The van der Waals surface area contributed by atoms with Gasteiger partial charge in [0.15, 0.2) is 0 Å². The van der Waals surface area contributed by atoms with Gasteiger partial charge in [-0.15, -0.1) is 0 Å². The predicted molar refractivity (Wildman–Crippen MR) is 73.9 cm³/mol. The topological polar surface area (TPSA) is 36.3 Å². The number of methoxy groups -OCH3 is 1. The molecule has 1 aromatic carbocycles. The van der Waals surface area contributed by atoms with Crippen LogP contribution in [-0.2, 0) is 6.54 Å². The molecule has 0 amide bonds. The number of ether oxygens (including phenoxy) is 1. The maximum Gasteiger partial charge on any atom is 0.137 e. The molecule has 0 heterocycles. The van der Waals surface area contributed by atoms with Gasteiger partial charge in [0.1, 0.15) is 5.75 Å². The fourth-order valence-corrected chi connectivity index (χ4v) is 2.08. The maximum absolute atomic E-state index is 8.51. The van der Waals surface area contributed by atoms with Crippen molar-refractivity contribution in [3.63, 3.8) is 0 Å². The second-order valence-electron chi connectivity index (χ2n) is 4.41. The first kappa shape index (κ1) is 14.8. The smallest absolute Gasteiger partial charge is 0.137 e. The average Bonchev–Trinajstić information content (AvgIpc) is 2.33. The number of rotatable bonds is 6. The second-order valence-corrected chi connectivity index (χ2v) is 4.82. The van der Waals surface area contributed by atoms with Gasteiger partial charge < -0.3 is 9.64 Å². The van der Waals surface area contributed by atoms with Crippen LogP contribution in [0.1, 0.15) is 24.0 Å². The minimum absolute atomic E-state index is 0.604. The summed E-state index contributed by atoms with van der Waals surface area (Å²) in [6, 6.07) is 6.07. The van der Waals surface area contributed by atoms with E-state index in [0.29, 0.717) is 17.2 Å². The molecule has 3 nitrogen and oxygen atoms in total. The molecule has 1 rings (SSSR count). The van der Waals surface area contributed by atoms with E-state index in [9.17, 15) is 0 Å². The maximum atomic E-state index is 8.51. The Balaban J connectivity index is 2.67. The van der Waals surface area contributed by atoms with Crippen molar-refractivity contribution in [3.8, 4) is 11.8 Å². The molecular weight excluding hydrogens is 248 g/mol. The van der Waals surface area contributed by atoms with E-state index < -0.39 is 0 Å². The van der Waals surface area contributed by atoms with Crippen molar-refractivity contribution in [2.45, 2.75) is 26.3 Å². The molecule has 0 unspecified atom stereocenters. The van der Waals surface area contributed by atoms with E-state index >= 15 is 0 Å². The number of benzene rings is 1. The van der Waals surface area contributed by atoms with Crippen LogP contribution in [0.25, 0.3) is 0 Å². The molecule has 0 spiro atoms. The molecule has 1 aromatic rings. The summed E-state index contributed by atoms with van der Waals surface area (Å²) in [6.45, 7) is 3.80. The lowest BCUT2D eigenvalue weighted by molar-refractivity contribution is 0.322. The normalized spacial score (nSPS) is 10.4. The molecule has 0 aromatic heterocycles. The Morgan fingerprint density at radius 3 is 2.78 bits per heavy atom. The first-order valence-corrected chi connectivity index (χ1v) is 6.34. The van der Waals surface area contributed by atoms with Crippen LogP contribution in [0.15, 0.2) is 12.1 Å². The van der Waals surface area contributed by atoms with E-state index in [1.54, 1.807) is 7.11 Å². The third-order valence-corrected chi connectivity index (χ3v) is 3.17. The van der Waals surface area contributed by atoms with E-state index in [0.717, 1.165) is 19.5 Å². The molecule has 4 heteroatoms. The van der Waals surface area contributed by atoms with Gasteiger partial charge in [0.2, 0.25) is 0 Å². The van der Waals surface area contributed by atoms with Gasteiger partial charge in [-0.05, 0) is 50.2 Å². The van der Waals surface area contributed by atoms with E-state index in [1.165, 1.54) is 11.1 Å². The largest absolute Gasteiger partial charge is 0.495 e. The van der Waals surface area contributed by atoms with Crippen LogP contribution in [-0.4, -0.2) is 25.6 Å². The number of hydrogen-bond donors (Lipinski definition) is 0. The number of aryl methyl sites for hydroxylation is 1. The third kappa shape index (κ3) is 4.21. The number of halogens is 1. The highest BCUT2D eigenvalue weighted by molar-refractivity contribution is 6.32. The van der Waals surface area contributed by atoms with Gasteiger partial charge in [0, 0.05) is 13.0 Å². The van der Waals surface area contributed by atoms with Gasteiger partial charge in [-0.1, -0.05) is 11.6 Å². The second kappa shape index (κ2) is 7.25. The van der Waals surface area contributed by atoms with Gasteiger partial charge in [-0.3, -0.25) is 0 Å². The van der Waals surface area contributed by atoms with E-state index in [2.05, 4.69) is 24.9 Å². The highest BCUT2D eigenvalue weighted by Gasteiger charge is 2.08. The minimum Gasteiger partial charge on any atom is -0.495 e. The van der Waals surface area contributed by atoms with Crippen LogP contribution < -0.4 is 4.74 Å². The van der Waals surface area contributed by atoms with Crippen molar-refractivity contribution in [2.75, 3.05) is 20.7 Å². The van der Waals surface area contributed by atoms with Crippen molar-refractivity contribution in [2.24, 2.45) is 0 Å². The van der Waals surface area contributed by atoms with E-state index in [4.69, 9.17) is 21.6 Å². The molecular formula is C14H19ClN2O. The Labute approximate surface area is 114 Å². The quantitative estimate of drug-likeness (QED) is 0.741. The summed E-state index contributed by atoms with van der Waals surface area (Å²) in [5.41, 5.74) is 2.36. The molecule has 18 heavy (non-hydrogen) atoms. The van der Waals surface area contributed by atoms with Crippen molar-refractivity contribution in [3.05, 3.63) is 28.3 Å². The van der Waals surface area contributed by atoms with Crippen molar-refractivity contribution in [1.82, 2.24) is 4.90 Å². The highest BCUT2D eigenvalue weighted by Crippen LogP contribution is 2.28. The Morgan fingerprint density at radius 2 is 2.17 bits per heavy atom. The predicted octanol–water partition coefficient (Wildman–Crippen LogP) is 3.39. The zero-order valence-electron chi connectivity index (χ0n) is 11.2. The van der Waals surface area contributed by atoms with Crippen molar-refractivity contribution < 1.29 is 4.74 Å². The Bertz CT molecular complexity index is 440. The summed E-state index contributed by atoms with van der Waals surface area (Å²) in [5.74, 6) is 0.713. The molecule has 0 radical (unpaired) electrons. The van der Waals surface area contributed by atoms with Crippen LogP contribution in [0, 0.1) is 18.3 Å². The standard InChI is InChI=1S/C14H19ClN2O/c1-11-8-14(18-3)13(15)9-12(11)10-17(2)7-5-4-6-16/h8-9H,4-5,7,10H2,1-3H3. The van der Waals surface area contributed by atoms with E-state index in [-0.39, 0.29) is 0 Å². The minimum atomic E-state index is 0.604. The monoisotopic (exact) mass is 266 g/mol. The lowest BCUT2D eigenvalue weighted by atomic mass is 10.1. The Morgan fingerprint density at radius 1 is 1.44 bits per heavy atom. The summed E-state index contributed by atoms with van der Waals surface area (Å²) < 4.78 is 5.18. The third-order valence-electron chi connectivity index (χ3n) is 2.88. The highest BCUT2D eigenvalue weighted by atomic mass is 35.5. The van der Waals surface area contributed by atoms with Crippen LogP contribution in [0.3, 0.4) is 0 Å². The molecule has 0 aliphatic carbocycles. The molecule has 0 atom stereocenters.